The molecule has 74 valence electrons. The Morgan fingerprint density at radius 3 is 2.86 bits per heavy atom. The van der Waals surface area contributed by atoms with Crippen molar-refractivity contribution in [1.29, 1.82) is 0 Å². The van der Waals surface area contributed by atoms with E-state index in [4.69, 9.17) is 4.74 Å². The van der Waals surface area contributed by atoms with Crippen molar-refractivity contribution in [3.05, 3.63) is 40.1 Å². The van der Waals surface area contributed by atoms with Gasteiger partial charge in [0.05, 0.1) is 11.0 Å². The number of rotatable bonds is 1. The third-order valence-electron chi connectivity index (χ3n) is 2.42. The first kappa shape index (κ1) is 9.74. The van der Waals surface area contributed by atoms with E-state index >= 15 is 0 Å². The van der Waals surface area contributed by atoms with Crippen LogP contribution >= 0.6 is 12.6 Å². The first-order valence-corrected chi connectivity index (χ1v) is 5.17. The van der Waals surface area contributed by atoms with Gasteiger partial charge in [-0.1, -0.05) is 18.2 Å². The van der Waals surface area contributed by atoms with Crippen LogP contribution in [0.5, 0.6) is 0 Å². The van der Waals surface area contributed by atoms with Crippen molar-refractivity contribution in [2.45, 2.75) is 23.8 Å². The van der Waals surface area contributed by atoms with Crippen molar-refractivity contribution in [1.82, 2.24) is 0 Å². The molecule has 1 aliphatic rings. The van der Waals surface area contributed by atoms with Crippen LogP contribution in [0.15, 0.2) is 34.0 Å². The highest BCUT2D eigenvalue weighted by atomic mass is 32.1. The van der Waals surface area contributed by atoms with E-state index in [-0.39, 0.29) is 11.5 Å². The Hall–Kier alpha value is -0.800. The minimum atomic E-state index is -0.0381. The van der Waals surface area contributed by atoms with Crippen LogP contribution in [-0.4, -0.2) is 6.61 Å². The van der Waals surface area contributed by atoms with Crippen molar-refractivity contribution >= 4 is 12.6 Å². The Labute approximate surface area is 88.3 Å². The number of hydrogen-bond donors (Lipinski definition) is 1. The summed E-state index contributed by atoms with van der Waals surface area (Å²) in [5.74, 6) is 0. The highest BCUT2D eigenvalue weighted by molar-refractivity contribution is 7.80. The zero-order chi connectivity index (χ0) is 9.97. The van der Waals surface area contributed by atoms with Gasteiger partial charge in [0, 0.05) is 6.61 Å². The molecule has 1 atom stereocenters. The Balaban J connectivity index is 2.47. The van der Waals surface area contributed by atoms with Crippen molar-refractivity contribution < 1.29 is 4.74 Å². The predicted octanol–water partition coefficient (Wildman–Crippen LogP) is 2.19. The van der Waals surface area contributed by atoms with Gasteiger partial charge in [0.2, 0.25) is 0 Å². The average molecular weight is 208 g/mol. The van der Waals surface area contributed by atoms with E-state index in [0.29, 0.717) is 4.90 Å². The molecule has 0 aromatic heterocycles. The number of hydrogen-bond acceptors (Lipinski definition) is 3. The molecule has 0 amide bonds. The maximum absolute atomic E-state index is 11.5. The summed E-state index contributed by atoms with van der Waals surface area (Å²) in [4.78, 5) is 12.0. The van der Waals surface area contributed by atoms with Crippen LogP contribution in [0, 0.1) is 0 Å². The minimum absolute atomic E-state index is 0.0381. The lowest BCUT2D eigenvalue weighted by Crippen LogP contribution is -2.03. The topological polar surface area (TPSA) is 26.3 Å². The van der Waals surface area contributed by atoms with Gasteiger partial charge in [0.25, 0.3) is 0 Å². The Bertz CT molecular complexity index is 383. The molecule has 1 heterocycles. The van der Waals surface area contributed by atoms with E-state index in [1.165, 1.54) is 6.07 Å². The van der Waals surface area contributed by atoms with E-state index in [2.05, 4.69) is 12.6 Å². The van der Waals surface area contributed by atoms with Gasteiger partial charge >= 0.3 is 0 Å². The molecular weight excluding hydrogens is 196 g/mol. The van der Waals surface area contributed by atoms with Crippen LogP contribution in [0.25, 0.3) is 0 Å². The third-order valence-corrected chi connectivity index (χ3v) is 2.90. The average Bonchev–Trinajstić information content (AvgIpc) is 2.64. The van der Waals surface area contributed by atoms with Crippen LogP contribution in [0.3, 0.4) is 0 Å². The molecule has 14 heavy (non-hydrogen) atoms. The first-order chi connectivity index (χ1) is 6.79. The molecule has 0 aliphatic carbocycles. The Morgan fingerprint density at radius 2 is 2.14 bits per heavy atom. The second-order valence-electron chi connectivity index (χ2n) is 3.39. The van der Waals surface area contributed by atoms with Crippen LogP contribution < -0.4 is 5.43 Å². The predicted molar refractivity (Wildman–Crippen MR) is 57.9 cm³/mol. The maximum atomic E-state index is 11.5. The molecule has 1 fully saturated rings. The van der Waals surface area contributed by atoms with Crippen molar-refractivity contribution in [3.8, 4) is 0 Å². The molecule has 3 heteroatoms. The molecule has 0 spiro atoms. The fraction of sp³-hybridized carbons (Fsp3) is 0.364. The van der Waals surface area contributed by atoms with E-state index in [9.17, 15) is 4.79 Å². The van der Waals surface area contributed by atoms with Gasteiger partial charge in [-0.3, -0.25) is 4.79 Å². The van der Waals surface area contributed by atoms with Gasteiger partial charge in [-0.25, -0.2) is 0 Å². The van der Waals surface area contributed by atoms with Gasteiger partial charge in [-0.2, -0.15) is 0 Å². The quantitative estimate of drug-likeness (QED) is 0.716. The van der Waals surface area contributed by atoms with Gasteiger partial charge in [0.1, 0.15) is 0 Å². The van der Waals surface area contributed by atoms with E-state index in [1.54, 1.807) is 6.07 Å². The highest BCUT2D eigenvalue weighted by Gasteiger charge is 2.19. The second-order valence-corrected chi connectivity index (χ2v) is 3.84. The van der Waals surface area contributed by atoms with Gasteiger partial charge in [-0.05, 0) is 24.5 Å². The van der Waals surface area contributed by atoms with E-state index < -0.39 is 0 Å². The van der Waals surface area contributed by atoms with Gasteiger partial charge in [0.15, 0.2) is 5.43 Å². The molecule has 1 unspecified atom stereocenters. The lowest BCUT2D eigenvalue weighted by molar-refractivity contribution is 0.110. The van der Waals surface area contributed by atoms with Crippen LogP contribution in [0.2, 0.25) is 0 Å². The minimum Gasteiger partial charge on any atom is -0.373 e. The molecule has 0 bridgehead atoms. The zero-order valence-electron chi connectivity index (χ0n) is 7.77. The monoisotopic (exact) mass is 208 g/mol. The van der Waals surface area contributed by atoms with Crippen LogP contribution in [0.1, 0.15) is 24.5 Å². The first-order valence-electron chi connectivity index (χ1n) is 4.73. The Kier molecular flexibility index (Phi) is 2.89. The van der Waals surface area contributed by atoms with Crippen molar-refractivity contribution in [2.24, 2.45) is 0 Å². The largest absolute Gasteiger partial charge is 0.373 e. The SMILES string of the molecule is O=c1ccccc(C2CCCO2)c1S. The van der Waals surface area contributed by atoms with Crippen LogP contribution in [0.4, 0.5) is 0 Å². The molecule has 0 radical (unpaired) electrons. The molecule has 1 aromatic carbocycles. The molecule has 1 aromatic rings. The molecular formula is C11H12O2S. The number of ether oxygens (including phenoxy) is 1. The molecule has 2 rings (SSSR count). The lowest BCUT2D eigenvalue weighted by atomic mass is 10.1. The van der Waals surface area contributed by atoms with E-state index in [0.717, 1.165) is 25.0 Å². The van der Waals surface area contributed by atoms with Crippen molar-refractivity contribution in [3.63, 3.8) is 0 Å². The Morgan fingerprint density at radius 1 is 1.36 bits per heavy atom. The van der Waals surface area contributed by atoms with Gasteiger partial charge in [-0.15, -0.1) is 12.6 Å². The summed E-state index contributed by atoms with van der Waals surface area (Å²) in [7, 11) is 0. The fourth-order valence-electron chi connectivity index (χ4n) is 1.69. The highest BCUT2D eigenvalue weighted by Crippen LogP contribution is 2.30. The van der Waals surface area contributed by atoms with Crippen LogP contribution in [-0.2, 0) is 4.74 Å². The summed E-state index contributed by atoms with van der Waals surface area (Å²) >= 11 is 4.24. The summed E-state index contributed by atoms with van der Waals surface area (Å²) in [6, 6.07) is 7.04. The second kappa shape index (κ2) is 4.15. The summed E-state index contributed by atoms with van der Waals surface area (Å²) < 4.78 is 5.53. The lowest BCUT2D eigenvalue weighted by Gasteiger charge is -2.09. The maximum Gasteiger partial charge on any atom is 0.192 e. The number of thiol groups is 1. The zero-order valence-corrected chi connectivity index (χ0v) is 8.67. The molecule has 0 N–H and O–H groups in total. The van der Waals surface area contributed by atoms with E-state index in [1.807, 2.05) is 12.1 Å². The molecule has 2 nitrogen and oxygen atoms in total. The summed E-state index contributed by atoms with van der Waals surface area (Å²) in [5, 5.41) is 0. The smallest absolute Gasteiger partial charge is 0.192 e. The fourth-order valence-corrected chi connectivity index (χ4v) is 1.98. The standard InChI is InChI=1S/C11H12O2S/c12-9-5-2-1-4-8(11(9)14)10-6-3-7-13-10/h1-2,4-5,10H,3,6-7H2,(H,12,14). The molecule has 1 saturated heterocycles. The summed E-state index contributed by atoms with van der Waals surface area (Å²) in [6.07, 6.45) is 2.10. The third kappa shape index (κ3) is 1.83. The molecule has 1 aliphatic heterocycles. The van der Waals surface area contributed by atoms with Crippen molar-refractivity contribution in [2.75, 3.05) is 6.61 Å². The molecule has 0 saturated carbocycles. The summed E-state index contributed by atoms with van der Waals surface area (Å²) in [5.41, 5.74) is 0.879. The summed E-state index contributed by atoms with van der Waals surface area (Å²) in [6.45, 7) is 0.782. The van der Waals surface area contributed by atoms with Gasteiger partial charge < -0.3 is 4.74 Å². The normalized spacial score (nSPS) is 21.1.